The molecule has 1 amide bonds. The topological polar surface area (TPSA) is 54.3 Å². The van der Waals surface area contributed by atoms with Crippen molar-refractivity contribution in [2.24, 2.45) is 0 Å². The van der Waals surface area contributed by atoms with E-state index in [0.29, 0.717) is 25.1 Å². The SMILES string of the molecule is CCc1c(C(=O)N2CCN(Cc3ccccn3)CC2)cnn1-c1ccc(F)cc1. The normalized spacial score (nSPS) is 14.9. The Hall–Kier alpha value is -3.06. The average Bonchev–Trinajstić information content (AvgIpc) is 3.19. The van der Waals surface area contributed by atoms with Crippen molar-refractivity contribution >= 4 is 5.91 Å². The second-order valence-corrected chi connectivity index (χ2v) is 7.14. The summed E-state index contributed by atoms with van der Waals surface area (Å²) in [6, 6.07) is 12.1. The zero-order valence-corrected chi connectivity index (χ0v) is 16.5. The second-order valence-electron chi connectivity index (χ2n) is 7.14. The van der Waals surface area contributed by atoms with Gasteiger partial charge in [0.1, 0.15) is 5.82 Å². The molecule has 6 nitrogen and oxygen atoms in total. The summed E-state index contributed by atoms with van der Waals surface area (Å²) in [5.74, 6) is -0.286. The number of carbonyl (C=O) groups is 1. The number of hydrogen-bond donors (Lipinski definition) is 0. The van der Waals surface area contributed by atoms with Gasteiger partial charge in [-0.3, -0.25) is 14.7 Å². The summed E-state index contributed by atoms with van der Waals surface area (Å²) < 4.78 is 15.0. The third kappa shape index (κ3) is 4.19. The van der Waals surface area contributed by atoms with E-state index in [1.807, 2.05) is 30.0 Å². The molecule has 7 heteroatoms. The second kappa shape index (κ2) is 8.53. The maximum atomic E-state index is 13.2. The summed E-state index contributed by atoms with van der Waals surface area (Å²) in [5.41, 5.74) is 3.26. The molecular weight excluding hydrogens is 369 g/mol. The maximum Gasteiger partial charge on any atom is 0.257 e. The maximum absolute atomic E-state index is 13.2. The van der Waals surface area contributed by atoms with Gasteiger partial charge < -0.3 is 4.90 Å². The Bertz CT molecular complexity index is 963. The Morgan fingerprint density at radius 1 is 1.07 bits per heavy atom. The van der Waals surface area contributed by atoms with Gasteiger partial charge >= 0.3 is 0 Å². The van der Waals surface area contributed by atoms with Crippen molar-refractivity contribution in [3.05, 3.63) is 77.6 Å². The highest BCUT2D eigenvalue weighted by Gasteiger charge is 2.26. The van der Waals surface area contributed by atoms with Crippen LogP contribution < -0.4 is 0 Å². The molecule has 1 aromatic carbocycles. The van der Waals surface area contributed by atoms with E-state index >= 15 is 0 Å². The number of aromatic nitrogens is 3. The van der Waals surface area contributed by atoms with Crippen LogP contribution in [0.5, 0.6) is 0 Å². The van der Waals surface area contributed by atoms with Crippen molar-refractivity contribution in [3.63, 3.8) is 0 Å². The largest absolute Gasteiger partial charge is 0.336 e. The molecule has 150 valence electrons. The Balaban J connectivity index is 1.44. The van der Waals surface area contributed by atoms with E-state index in [2.05, 4.69) is 15.0 Å². The zero-order valence-electron chi connectivity index (χ0n) is 16.5. The highest BCUT2D eigenvalue weighted by Crippen LogP contribution is 2.19. The summed E-state index contributed by atoms with van der Waals surface area (Å²) in [6.45, 7) is 5.78. The van der Waals surface area contributed by atoms with Crippen molar-refractivity contribution in [2.45, 2.75) is 19.9 Å². The van der Waals surface area contributed by atoms with E-state index in [9.17, 15) is 9.18 Å². The molecule has 0 aliphatic carbocycles. The van der Waals surface area contributed by atoms with Crippen LogP contribution in [0.4, 0.5) is 4.39 Å². The zero-order chi connectivity index (χ0) is 20.2. The number of piperazine rings is 1. The molecule has 0 saturated carbocycles. The fourth-order valence-electron chi connectivity index (χ4n) is 3.70. The lowest BCUT2D eigenvalue weighted by molar-refractivity contribution is 0.0626. The van der Waals surface area contributed by atoms with Gasteiger partial charge in [-0.2, -0.15) is 5.10 Å². The van der Waals surface area contributed by atoms with E-state index in [1.165, 1.54) is 12.1 Å². The van der Waals surface area contributed by atoms with Gasteiger partial charge in [-0.25, -0.2) is 9.07 Å². The molecule has 0 unspecified atom stereocenters. The Kier molecular flexibility index (Phi) is 5.67. The number of benzene rings is 1. The number of carbonyl (C=O) groups excluding carboxylic acids is 1. The lowest BCUT2D eigenvalue weighted by Gasteiger charge is -2.34. The van der Waals surface area contributed by atoms with Crippen molar-refractivity contribution in [2.75, 3.05) is 26.2 Å². The van der Waals surface area contributed by atoms with Gasteiger partial charge in [0.05, 0.1) is 28.8 Å². The lowest BCUT2D eigenvalue weighted by atomic mass is 10.1. The molecule has 1 saturated heterocycles. The molecule has 3 aromatic rings. The van der Waals surface area contributed by atoms with Crippen LogP contribution in [-0.2, 0) is 13.0 Å². The fraction of sp³-hybridized carbons (Fsp3) is 0.318. The molecule has 2 aromatic heterocycles. The first-order valence-corrected chi connectivity index (χ1v) is 9.90. The minimum atomic E-state index is -0.293. The van der Waals surface area contributed by atoms with Gasteiger partial charge in [0.2, 0.25) is 0 Å². The minimum absolute atomic E-state index is 0.00713. The summed E-state index contributed by atoms with van der Waals surface area (Å²) in [6.07, 6.45) is 4.10. The predicted molar refractivity (Wildman–Crippen MR) is 108 cm³/mol. The van der Waals surface area contributed by atoms with Gasteiger partial charge in [-0.1, -0.05) is 13.0 Å². The van der Waals surface area contributed by atoms with Crippen LogP contribution in [0.15, 0.2) is 54.9 Å². The van der Waals surface area contributed by atoms with Crippen LogP contribution in [0.1, 0.15) is 28.7 Å². The number of pyridine rings is 1. The molecule has 0 N–H and O–H groups in total. The van der Waals surface area contributed by atoms with Crippen LogP contribution in [0.25, 0.3) is 5.69 Å². The predicted octanol–water partition coefficient (Wildman–Crippen LogP) is 2.93. The van der Waals surface area contributed by atoms with E-state index in [0.717, 1.165) is 36.7 Å². The van der Waals surface area contributed by atoms with Gasteiger partial charge in [-0.15, -0.1) is 0 Å². The number of halogens is 1. The van der Waals surface area contributed by atoms with E-state index in [1.54, 1.807) is 29.2 Å². The van der Waals surface area contributed by atoms with Crippen LogP contribution in [-0.4, -0.2) is 56.7 Å². The summed E-state index contributed by atoms with van der Waals surface area (Å²) in [5, 5.41) is 4.40. The Morgan fingerprint density at radius 2 is 1.83 bits per heavy atom. The summed E-state index contributed by atoms with van der Waals surface area (Å²) in [7, 11) is 0. The average molecular weight is 393 g/mol. The number of rotatable bonds is 5. The molecular formula is C22H24FN5O. The molecule has 1 aliphatic rings. The number of hydrogen-bond acceptors (Lipinski definition) is 4. The minimum Gasteiger partial charge on any atom is -0.336 e. The molecule has 0 spiro atoms. The van der Waals surface area contributed by atoms with Crippen LogP contribution in [0, 0.1) is 5.82 Å². The first-order chi connectivity index (χ1) is 14.2. The van der Waals surface area contributed by atoms with E-state index < -0.39 is 0 Å². The van der Waals surface area contributed by atoms with E-state index in [4.69, 9.17) is 0 Å². The molecule has 4 rings (SSSR count). The smallest absolute Gasteiger partial charge is 0.257 e. The molecule has 3 heterocycles. The third-order valence-electron chi connectivity index (χ3n) is 5.28. The molecule has 0 atom stereocenters. The van der Waals surface area contributed by atoms with Gasteiger partial charge in [0.15, 0.2) is 0 Å². The molecule has 0 radical (unpaired) electrons. The molecule has 1 fully saturated rings. The first-order valence-electron chi connectivity index (χ1n) is 9.90. The van der Waals surface area contributed by atoms with Crippen LogP contribution in [0.2, 0.25) is 0 Å². The highest BCUT2D eigenvalue weighted by atomic mass is 19.1. The van der Waals surface area contributed by atoms with Crippen LogP contribution in [0.3, 0.4) is 0 Å². The van der Waals surface area contributed by atoms with Crippen LogP contribution >= 0.6 is 0 Å². The molecule has 1 aliphatic heterocycles. The highest BCUT2D eigenvalue weighted by molar-refractivity contribution is 5.95. The van der Waals surface area contributed by atoms with Gasteiger partial charge in [0, 0.05) is 38.9 Å². The Morgan fingerprint density at radius 3 is 2.48 bits per heavy atom. The van der Waals surface area contributed by atoms with Crippen molar-refractivity contribution in [1.29, 1.82) is 0 Å². The molecule has 0 bridgehead atoms. The molecule has 29 heavy (non-hydrogen) atoms. The first kappa shape index (κ1) is 19.3. The van der Waals surface area contributed by atoms with E-state index in [-0.39, 0.29) is 11.7 Å². The van der Waals surface area contributed by atoms with Gasteiger partial charge in [0.25, 0.3) is 5.91 Å². The van der Waals surface area contributed by atoms with Crippen molar-refractivity contribution in [1.82, 2.24) is 24.6 Å². The van der Waals surface area contributed by atoms with Crippen molar-refractivity contribution < 1.29 is 9.18 Å². The standard InChI is InChI=1S/C22H24FN5O/c1-2-21-20(15-25-28(21)19-8-6-17(23)7-9-19)22(29)27-13-11-26(12-14-27)16-18-5-3-4-10-24-18/h3-10,15H,2,11-14,16H2,1H3. The number of nitrogens with zero attached hydrogens (tertiary/aromatic N) is 5. The third-order valence-corrected chi connectivity index (χ3v) is 5.28. The van der Waals surface area contributed by atoms with Crippen molar-refractivity contribution in [3.8, 4) is 5.69 Å². The summed E-state index contributed by atoms with van der Waals surface area (Å²) >= 11 is 0. The quantitative estimate of drug-likeness (QED) is 0.669. The van der Waals surface area contributed by atoms with Gasteiger partial charge in [-0.05, 0) is 42.8 Å². The lowest BCUT2D eigenvalue weighted by Crippen LogP contribution is -2.48. The Labute approximate surface area is 169 Å². The monoisotopic (exact) mass is 393 g/mol. The summed E-state index contributed by atoms with van der Waals surface area (Å²) in [4.78, 5) is 21.7. The number of amides is 1. The fourth-order valence-corrected chi connectivity index (χ4v) is 3.70.